The molecule has 0 aliphatic carbocycles. The second-order valence-electron chi connectivity index (χ2n) is 7.94. The Bertz CT molecular complexity index is 706. The van der Waals surface area contributed by atoms with E-state index in [-0.39, 0.29) is 29.6 Å². The summed E-state index contributed by atoms with van der Waals surface area (Å²) in [5, 5.41) is 41.4. The summed E-state index contributed by atoms with van der Waals surface area (Å²) in [5.41, 5.74) is 1.29. The van der Waals surface area contributed by atoms with Crippen LogP contribution >= 0.6 is 0 Å². The summed E-state index contributed by atoms with van der Waals surface area (Å²) in [6.07, 6.45) is -3.79. The molecular formula is C24H35FeNO7. The maximum Gasteiger partial charge on any atom is 2.00 e. The van der Waals surface area contributed by atoms with Crippen LogP contribution in [0.15, 0.2) is 54.6 Å². The molecule has 0 radical (unpaired) electrons. The minimum absolute atomic E-state index is 0. The standard InChI is InChI=1S/C19H30NO7.C5H5.Fe/c1-12(18(25)20-9-5-4-8-13-6-2-3-7-13)11-26-19-17(24)16(23)15(22)14(10-21)27-19;1-2-4-5-3-1;/h2-3,6-7,12,14-17,19,21-24H,4-5,8-11H2,1H3,(H,20,25);1-5H;/q2*-1;+2/t12-,14-,15-,16+,17+,19?;;/m1../s1. The molecule has 6 atom stereocenters. The van der Waals surface area contributed by atoms with Gasteiger partial charge in [-0.05, 0) is 12.8 Å². The average Bonchev–Trinajstić information content (AvgIpc) is 3.53. The van der Waals surface area contributed by atoms with Gasteiger partial charge in [0.1, 0.15) is 24.4 Å². The topological polar surface area (TPSA) is 128 Å². The van der Waals surface area contributed by atoms with Crippen molar-refractivity contribution in [2.75, 3.05) is 19.8 Å². The summed E-state index contributed by atoms with van der Waals surface area (Å²) in [7, 11) is 0. The molecule has 1 fully saturated rings. The fourth-order valence-electron chi connectivity index (χ4n) is 3.26. The van der Waals surface area contributed by atoms with Crippen LogP contribution in [-0.2, 0) is 37.8 Å². The molecule has 8 nitrogen and oxygen atoms in total. The summed E-state index contributed by atoms with van der Waals surface area (Å²) in [4.78, 5) is 12.1. The fraction of sp³-hybridized carbons (Fsp3) is 0.542. The van der Waals surface area contributed by atoms with Crippen molar-refractivity contribution in [1.82, 2.24) is 5.32 Å². The van der Waals surface area contributed by atoms with E-state index < -0.39 is 43.2 Å². The number of carbonyl (C=O) groups excluding carboxylic acids is 1. The second kappa shape index (κ2) is 16.1. The van der Waals surface area contributed by atoms with Gasteiger partial charge in [0.05, 0.1) is 19.1 Å². The molecule has 5 N–H and O–H groups in total. The number of aliphatic hydroxyl groups is 4. The molecule has 1 aliphatic rings. The molecule has 1 heterocycles. The van der Waals surface area contributed by atoms with Gasteiger partial charge in [0, 0.05) is 6.54 Å². The van der Waals surface area contributed by atoms with Gasteiger partial charge in [0.25, 0.3) is 0 Å². The Kier molecular flexibility index (Phi) is 14.4. The zero-order valence-electron chi connectivity index (χ0n) is 18.8. The SMILES string of the molecule is C[C@H](COC1O[C@H](CO)[C@@H](O)[C@H](O)[C@@H]1O)C(=O)NCCCCc1ccc[cH-]1.[Fe+2].c1cc[cH-]c1. The van der Waals surface area contributed by atoms with Crippen molar-refractivity contribution >= 4 is 5.91 Å². The Balaban J connectivity index is 0.000000799. The quantitative estimate of drug-likeness (QED) is 0.183. The zero-order valence-corrected chi connectivity index (χ0v) is 19.9. The summed E-state index contributed by atoms with van der Waals surface area (Å²) in [5.74, 6) is -0.652. The molecule has 0 spiro atoms. The number of amides is 1. The Hall–Kier alpha value is -1.55. The first kappa shape index (κ1) is 29.5. The first-order valence-electron chi connectivity index (χ1n) is 11.0. The first-order valence-corrected chi connectivity index (χ1v) is 11.0. The monoisotopic (exact) mass is 505 g/mol. The number of hydrogen-bond donors (Lipinski definition) is 5. The molecule has 0 saturated carbocycles. The molecule has 1 aliphatic heterocycles. The molecule has 186 valence electrons. The average molecular weight is 505 g/mol. The van der Waals surface area contributed by atoms with Crippen molar-refractivity contribution in [3.05, 3.63) is 60.2 Å². The van der Waals surface area contributed by atoms with Gasteiger partial charge < -0.3 is 35.2 Å². The van der Waals surface area contributed by atoms with Crippen LogP contribution in [0.3, 0.4) is 0 Å². The van der Waals surface area contributed by atoms with Crippen molar-refractivity contribution in [3.63, 3.8) is 0 Å². The minimum Gasteiger partial charge on any atom is -0.394 e. The first-order chi connectivity index (χ1) is 15.4. The molecule has 1 saturated heterocycles. The van der Waals surface area contributed by atoms with E-state index >= 15 is 0 Å². The van der Waals surface area contributed by atoms with Crippen molar-refractivity contribution in [2.24, 2.45) is 5.92 Å². The van der Waals surface area contributed by atoms with Gasteiger partial charge in [0.15, 0.2) is 6.29 Å². The van der Waals surface area contributed by atoms with Gasteiger partial charge in [-0.1, -0.05) is 13.3 Å². The van der Waals surface area contributed by atoms with Crippen molar-refractivity contribution in [3.8, 4) is 0 Å². The van der Waals surface area contributed by atoms with Crippen LogP contribution in [0.5, 0.6) is 0 Å². The number of ether oxygens (including phenoxy) is 2. The molecule has 2 aromatic rings. The Morgan fingerprint density at radius 3 is 2.42 bits per heavy atom. The summed E-state index contributed by atoms with van der Waals surface area (Å²) < 4.78 is 10.6. The van der Waals surface area contributed by atoms with E-state index in [1.807, 2.05) is 42.5 Å². The summed E-state index contributed by atoms with van der Waals surface area (Å²) >= 11 is 0. The van der Waals surface area contributed by atoms with E-state index in [9.17, 15) is 20.1 Å². The Labute approximate surface area is 205 Å². The fourth-order valence-corrected chi connectivity index (χ4v) is 3.26. The van der Waals surface area contributed by atoms with Gasteiger partial charge in [0.2, 0.25) is 5.91 Å². The van der Waals surface area contributed by atoms with Crippen LogP contribution in [0, 0.1) is 5.92 Å². The zero-order chi connectivity index (χ0) is 23.3. The van der Waals surface area contributed by atoms with E-state index in [1.165, 1.54) is 5.56 Å². The molecule has 0 bridgehead atoms. The molecular weight excluding hydrogens is 470 g/mol. The van der Waals surface area contributed by atoms with E-state index in [4.69, 9.17) is 14.6 Å². The number of aryl methyl sites for hydroxylation is 1. The van der Waals surface area contributed by atoms with Crippen LogP contribution in [0.4, 0.5) is 0 Å². The third kappa shape index (κ3) is 10.1. The number of hydrogen-bond acceptors (Lipinski definition) is 7. The number of nitrogens with one attached hydrogen (secondary N) is 1. The van der Waals surface area contributed by atoms with Gasteiger partial charge in [-0.3, -0.25) is 4.79 Å². The normalized spacial score (nSPS) is 25.3. The maximum absolute atomic E-state index is 12.1. The maximum atomic E-state index is 12.1. The van der Waals surface area contributed by atoms with Gasteiger partial charge in [-0.15, -0.1) is 0 Å². The summed E-state index contributed by atoms with van der Waals surface area (Å²) in [6, 6.07) is 18.2. The molecule has 3 rings (SSSR count). The van der Waals surface area contributed by atoms with Crippen LogP contribution in [0.25, 0.3) is 0 Å². The van der Waals surface area contributed by atoms with E-state index in [0.29, 0.717) is 6.54 Å². The minimum atomic E-state index is -1.49. The smallest absolute Gasteiger partial charge is 0.394 e. The largest absolute Gasteiger partial charge is 2.00 e. The second-order valence-corrected chi connectivity index (χ2v) is 7.94. The van der Waals surface area contributed by atoms with Crippen molar-refractivity contribution < 1.29 is 51.8 Å². The Morgan fingerprint density at radius 2 is 1.85 bits per heavy atom. The third-order valence-electron chi connectivity index (χ3n) is 5.29. The van der Waals surface area contributed by atoms with E-state index in [2.05, 4.69) is 17.4 Å². The van der Waals surface area contributed by atoms with Gasteiger partial charge in [-0.2, -0.15) is 35.9 Å². The van der Waals surface area contributed by atoms with E-state index in [0.717, 1.165) is 19.3 Å². The molecule has 0 aromatic heterocycles. The number of carbonyl (C=O) groups is 1. The summed E-state index contributed by atoms with van der Waals surface area (Å²) in [6.45, 7) is 1.71. The molecule has 33 heavy (non-hydrogen) atoms. The number of unbranched alkanes of at least 4 members (excludes halogenated alkanes) is 1. The van der Waals surface area contributed by atoms with Crippen LogP contribution in [0.2, 0.25) is 0 Å². The van der Waals surface area contributed by atoms with Crippen molar-refractivity contribution in [1.29, 1.82) is 0 Å². The van der Waals surface area contributed by atoms with E-state index in [1.54, 1.807) is 6.92 Å². The van der Waals surface area contributed by atoms with Crippen LogP contribution in [-0.4, -0.2) is 76.8 Å². The Morgan fingerprint density at radius 1 is 1.12 bits per heavy atom. The molecule has 2 aromatic carbocycles. The molecule has 1 unspecified atom stereocenters. The molecule has 1 amide bonds. The third-order valence-corrected chi connectivity index (χ3v) is 5.29. The number of rotatable bonds is 10. The predicted molar refractivity (Wildman–Crippen MR) is 119 cm³/mol. The van der Waals surface area contributed by atoms with Gasteiger partial charge in [-0.25, -0.2) is 24.3 Å². The van der Waals surface area contributed by atoms with Gasteiger partial charge >= 0.3 is 17.1 Å². The number of aliphatic hydroxyl groups excluding tert-OH is 4. The van der Waals surface area contributed by atoms with Crippen LogP contribution < -0.4 is 5.32 Å². The predicted octanol–water partition coefficient (Wildman–Crippen LogP) is 0.700. The molecule has 9 heteroatoms. The van der Waals surface area contributed by atoms with Crippen LogP contribution in [0.1, 0.15) is 25.3 Å². The van der Waals surface area contributed by atoms with Crippen molar-refractivity contribution in [2.45, 2.75) is 56.9 Å².